The van der Waals surface area contributed by atoms with Crippen molar-refractivity contribution in [1.82, 2.24) is 0 Å². The van der Waals surface area contributed by atoms with Crippen LogP contribution in [0, 0.1) is 0 Å². The van der Waals surface area contributed by atoms with E-state index in [4.69, 9.17) is 0 Å². The Hall–Kier alpha value is 9.42. The van der Waals surface area contributed by atoms with Gasteiger partial charge < -0.3 is 0 Å². The van der Waals surface area contributed by atoms with E-state index in [0.29, 0.717) is 434 Å². The summed E-state index contributed by atoms with van der Waals surface area (Å²) in [7, 11) is 213. The van der Waals surface area contributed by atoms with Crippen LogP contribution < -0.4 is 0 Å². The molecule has 0 unspecified atom stereocenters. The predicted molar refractivity (Wildman–Crippen MR) is 1040 cm³/mol. The highest BCUT2D eigenvalue weighted by Gasteiger charge is 2.74. The van der Waals surface area contributed by atoms with Crippen LogP contribution in [0.3, 0.4) is 0 Å². The smallest absolute Gasteiger partial charge is 0.0000000793 e. The van der Waals surface area contributed by atoms with Gasteiger partial charge in [0.05, 0.1) is 565 Å². The molecule has 0 nitrogen and oxygen atoms in total. The van der Waals surface area contributed by atoms with E-state index >= 15 is 0 Å². The van der Waals surface area contributed by atoms with Crippen molar-refractivity contribution in [3.8, 4) is 0 Å². The summed E-state index contributed by atoms with van der Waals surface area (Å²) in [6, 6.07) is 0. The van der Waals surface area contributed by atoms with Gasteiger partial charge in [-0.05, 0) is 0 Å². The number of hydrogen-bond acceptors (Lipinski definition) is 0. The molecule has 0 fully saturated rings. The molecule has 0 aromatic heterocycles. The first-order chi connectivity index (χ1) is 66.0. The first kappa shape index (κ1) is 154. The van der Waals surface area contributed by atoms with Crippen LogP contribution in [0.15, 0.2) is 0 Å². The summed E-state index contributed by atoms with van der Waals surface area (Å²) in [6.45, 7) is 0. The molecule has 0 aromatic rings. The molecule has 145 heavy (non-hydrogen) atoms. The largest absolute Gasteiger partial charge is 0.0593 e. The molecule has 0 radical (unpaired) electrons. The molecule has 582 valence electrons. The SMILES string of the molecule is BBB(B(B)B)B(B(B)B)B(B(B(B)B)B(B)B)B(B(B(B(B(B)B)B(B)B)B(B(B)B)B(B)B)B(B(B(B)B)B(B)B)B(B(B)B)B(B)B)B(B(B(B(B(B)B)B(B)B)B(B(B)B)B(B)B)B(B(B(B)B)B(B)B)B(B(B)B)B(B)B)B(B(B(B(B(B)B)B(B)B)B(B(B)B)B(B)B)B(B(B(B)B)B(B)B)B(B(B)B)B(B)B)B(B(B(B(B)B)B(B)B)B(B(B)B)B(B)B)B(B(B(B)B)B(B)B)B(B(B)B)B(B)B. The van der Waals surface area contributed by atoms with E-state index in [1.165, 1.54) is 7.06 Å². The number of rotatable bonds is 71. The Bertz CT molecular complexity index is 2550. The first-order valence-electron chi connectivity index (χ1n) is 66.0. The summed E-state index contributed by atoms with van der Waals surface area (Å²) in [5, 5.41) is 0. The topological polar surface area (TPSA) is 0 Å². The Balaban J connectivity index is 18.8. The van der Waals surface area contributed by atoms with Crippen molar-refractivity contribution in [2.24, 2.45) is 0 Å². The predicted octanol–water partition coefficient (Wildman–Crippen LogP) is -94.6. The van der Waals surface area contributed by atoms with Crippen molar-refractivity contribution in [2.45, 2.75) is 0 Å². The molecule has 0 saturated carbocycles. The lowest BCUT2D eigenvalue weighted by molar-refractivity contribution is 3.10. The standard InChI is InChI=1S/B145H147/c1-74-111(75(2)3)129(110(72)73)138(128(108(68)69)109(70)71)143(139(130(112(76(4)5)77(6)7)113(78(8)9)79(10)11)131(114(80(12)13)81(14)15)115(82(16)17)83(18)19)145(142(136(124(100(52)53)101(54)55)125(102(56)57)103(58)59)137(126(104(60)61)105(62)63)127(106(64)65)107(66)67)144(140(132(116(84(20)21)85(22)23)117(86(24)25)87(26)27)133(118(88(28)29)89(30)31)119(90(32)33)91(34)35)141(134(120(92(36)37)93(38)39)121(94(40)41)95(42)43)135(122(96(44)45)97(46)47)123(98(48)49)99(50)51/h74H,1-73H2. The van der Waals surface area contributed by atoms with E-state index in [2.05, 4.69) is 565 Å². The zero-order valence-corrected chi connectivity index (χ0v) is 115. The highest BCUT2D eigenvalue weighted by Crippen LogP contribution is 2.35. The highest BCUT2D eigenvalue weighted by molar-refractivity contribution is 8.48. The maximum atomic E-state index is 2.96. The Kier molecular flexibility index (Phi) is 76.0. The van der Waals surface area contributed by atoms with E-state index in [9.17, 15) is 0 Å². The van der Waals surface area contributed by atoms with Gasteiger partial charge in [0.15, 0.2) is 0 Å². The van der Waals surface area contributed by atoms with Gasteiger partial charge in [-0.1, -0.05) is 0 Å². The van der Waals surface area contributed by atoms with Crippen molar-refractivity contribution < 1.29 is 0 Å². The summed E-state index contributed by atoms with van der Waals surface area (Å²) in [4.78, 5) is 0. The minimum Gasteiger partial charge on any atom is 0.0000000793 e. The second-order valence-corrected chi connectivity index (χ2v) is 65.5. The van der Waals surface area contributed by atoms with Crippen LogP contribution in [0.1, 0.15) is 0 Å². The minimum atomic E-state index is 0.227. The van der Waals surface area contributed by atoms with Gasteiger partial charge >= 0.3 is 0 Å². The lowest BCUT2D eigenvalue weighted by Crippen LogP contribution is -3.04. The average molecular weight is 1720 g/mol. The Morgan fingerprint density at radius 2 is 0.110 bits per heavy atom. The van der Waals surface area contributed by atoms with E-state index in [1.54, 1.807) is 0 Å². The fraction of sp³-hybridized carbons (Fsp3) is 0. The Morgan fingerprint density at radius 3 is 0.152 bits per heavy atom. The highest BCUT2D eigenvalue weighted by atomic mass is 13.5. The summed E-state index contributed by atoms with van der Waals surface area (Å²) >= 11 is 0. The third-order valence-electron chi connectivity index (χ3n) is 43.4. The van der Waals surface area contributed by atoms with Crippen LogP contribution in [-0.4, -0.2) is 1030 Å². The zero-order valence-electron chi connectivity index (χ0n) is 115. The second kappa shape index (κ2) is 71.4. The minimum absolute atomic E-state index is 0.227. The molecule has 0 aliphatic heterocycles. The summed E-state index contributed by atoms with van der Waals surface area (Å²) in [5.74, 6) is 0. The second-order valence-electron chi connectivity index (χ2n) is 65.5. The molecule has 145 heteroatoms. The summed E-state index contributed by atoms with van der Waals surface area (Å²) in [6.07, 6.45) is 29.6. The van der Waals surface area contributed by atoms with E-state index in [0.717, 1.165) is 0 Å². The third-order valence-corrected chi connectivity index (χ3v) is 43.4. The van der Waals surface area contributed by atoms with Gasteiger partial charge in [0.1, 0.15) is 0 Å². The van der Waals surface area contributed by atoms with Gasteiger partial charge in [0.25, 0.3) is 0 Å². The first-order valence-corrected chi connectivity index (χ1v) is 66.0. The maximum absolute atomic E-state index is 2.96. The molecule has 0 bridgehead atoms. The van der Waals surface area contributed by atoms with Crippen LogP contribution >= 0.6 is 0 Å². The molecule has 0 spiro atoms. The molecule has 0 aliphatic rings. The molecule has 0 saturated heterocycles. The Labute approximate surface area is 1010 Å². The third kappa shape index (κ3) is 41.4. The number of hydrogen-bond donors (Lipinski definition) is 0. The van der Waals surface area contributed by atoms with Crippen molar-refractivity contribution in [3.05, 3.63) is 0 Å². The van der Waals surface area contributed by atoms with Gasteiger partial charge in [-0.25, -0.2) is 0 Å². The van der Waals surface area contributed by atoms with Crippen molar-refractivity contribution in [3.63, 3.8) is 0 Å². The quantitative estimate of drug-likeness (QED) is 0.0533. The van der Waals surface area contributed by atoms with Gasteiger partial charge in [0, 0.05) is 460 Å². The fourth-order valence-electron chi connectivity index (χ4n) is 42.9. The molecule has 0 N–H and O–H groups in total. The van der Waals surface area contributed by atoms with Crippen molar-refractivity contribution >= 4 is 1030 Å². The van der Waals surface area contributed by atoms with E-state index in [-0.39, 0.29) is 19.2 Å². The monoisotopic (exact) mass is 1740 g/mol. The van der Waals surface area contributed by atoms with Crippen LogP contribution in [0.5, 0.6) is 0 Å². The molecule has 0 rings (SSSR count). The Morgan fingerprint density at radius 1 is 0.0621 bits per heavy atom. The normalized spacial score (nSPS) is 9.88. The van der Waals surface area contributed by atoms with Crippen LogP contribution in [0.4, 0.5) is 0 Å². The molecule has 0 amide bonds. The molecule has 0 aliphatic carbocycles. The van der Waals surface area contributed by atoms with E-state index < -0.39 is 0 Å². The van der Waals surface area contributed by atoms with E-state index in [1.807, 2.05) is 0 Å². The lowest BCUT2D eigenvalue weighted by atomic mass is 8.16. The average Bonchev–Trinajstić information content (AvgIpc) is 0.694. The van der Waals surface area contributed by atoms with Crippen molar-refractivity contribution in [2.75, 3.05) is 0 Å². The zero-order chi connectivity index (χ0) is 115. The van der Waals surface area contributed by atoms with Gasteiger partial charge in [-0.2, -0.15) is 0 Å². The van der Waals surface area contributed by atoms with Crippen LogP contribution in [-0.2, 0) is 0 Å². The van der Waals surface area contributed by atoms with Gasteiger partial charge in [-0.3, -0.25) is 0 Å². The molecule has 0 heterocycles. The maximum Gasteiger partial charge on any atom is 0.0593 e. The van der Waals surface area contributed by atoms with Crippen LogP contribution in [0.2, 0.25) is 0 Å². The van der Waals surface area contributed by atoms with Crippen molar-refractivity contribution in [1.29, 1.82) is 0 Å². The van der Waals surface area contributed by atoms with Gasteiger partial charge in [0.2, 0.25) is 0 Å². The van der Waals surface area contributed by atoms with Crippen LogP contribution in [0.25, 0.3) is 0 Å². The lowest BCUT2D eigenvalue weighted by Gasteiger charge is -2.65. The molecule has 0 aromatic carbocycles. The molecule has 0 atom stereocenters. The summed E-state index contributed by atoms with van der Waals surface area (Å²) < 4.78 is 0. The molecular weight excluding hydrogens is 1570 g/mol. The molecular formula is H147B145. The summed E-state index contributed by atoms with van der Waals surface area (Å²) in [5.41, 5.74) is 0. The van der Waals surface area contributed by atoms with Gasteiger partial charge in [-0.15, -0.1) is 0 Å². The fourth-order valence-corrected chi connectivity index (χ4v) is 42.9.